The summed E-state index contributed by atoms with van der Waals surface area (Å²) in [6.45, 7) is 4.01. The van der Waals surface area contributed by atoms with Crippen molar-refractivity contribution in [3.8, 4) is 6.07 Å². The van der Waals surface area contributed by atoms with E-state index >= 15 is 0 Å². The van der Waals surface area contributed by atoms with Crippen LogP contribution in [0.25, 0.3) is 10.9 Å². The van der Waals surface area contributed by atoms with Gasteiger partial charge in [-0.25, -0.2) is 4.39 Å². The third kappa shape index (κ3) is 2.36. The van der Waals surface area contributed by atoms with Gasteiger partial charge in [-0.15, -0.1) is 0 Å². The van der Waals surface area contributed by atoms with Gasteiger partial charge in [-0.2, -0.15) is 5.26 Å². The van der Waals surface area contributed by atoms with Crippen LogP contribution in [0, 0.1) is 24.1 Å². The van der Waals surface area contributed by atoms with Crippen LogP contribution in [0.5, 0.6) is 0 Å². The Labute approximate surface area is 139 Å². The summed E-state index contributed by atoms with van der Waals surface area (Å²) in [7, 11) is 0. The lowest BCUT2D eigenvalue weighted by atomic mass is 9.84. The van der Waals surface area contributed by atoms with Crippen LogP contribution in [0.3, 0.4) is 0 Å². The fourth-order valence-corrected chi connectivity index (χ4v) is 3.80. The van der Waals surface area contributed by atoms with E-state index in [2.05, 4.69) is 11.1 Å². The number of aryl methyl sites for hydroxylation is 1. The predicted molar refractivity (Wildman–Crippen MR) is 86.2 cm³/mol. The van der Waals surface area contributed by atoms with E-state index in [9.17, 15) is 19.6 Å². The van der Waals surface area contributed by atoms with Gasteiger partial charge in [-0.3, -0.25) is 4.79 Å². The minimum absolute atomic E-state index is 0.191. The first-order chi connectivity index (χ1) is 11.4. The number of H-pyrrole nitrogens is 1. The number of rotatable bonds is 4. The van der Waals surface area contributed by atoms with Crippen LogP contribution in [-0.2, 0) is 21.6 Å². The molecule has 0 aliphatic carbocycles. The van der Waals surface area contributed by atoms with Gasteiger partial charge in [0.25, 0.3) is 0 Å². The molecule has 5 nitrogen and oxygen atoms in total. The summed E-state index contributed by atoms with van der Waals surface area (Å²) < 4.78 is 20.4. The molecule has 1 aliphatic rings. The number of benzene rings is 1. The van der Waals surface area contributed by atoms with Crippen molar-refractivity contribution in [2.75, 3.05) is 6.61 Å². The number of nitriles is 1. The van der Waals surface area contributed by atoms with Gasteiger partial charge in [0.1, 0.15) is 17.5 Å². The van der Waals surface area contributed by atoms with E-state index in [1.165, 1.54) is 6.07 Å². The Morgan fingerprint density at radius 3 is 2.96 bits per heavy atom. The van der Waals surface area contributed by atoms with E-state index < -0.39 is 17.4 Å². The Hall–Kier alpha value is -2.39. The molecular weight excluding hydrogens is 311 g/mol. The van der Waals surface area contributed by atoms with Crippen LogP contribution in [0.4, 0.5) is 4.39 Å². The number of carbonyl (C=O) groups is 1. The van der Waals surface area contributed by atoms with Crippen molar-refractivity contribution in [2.45, 2.75) is 45.1 Å². The zero-order valence-corrected chi connectivity index (χ0v) is 13.7. The molecule has 0 saturated heterocycles. The summed E-state index contributed by atoms with van der Waals surface area (Å²) in [5, 5.41) is 19.4. The van der Waals surface area contributed by atoms with Crippen molar-refractivity contribution < 1.29 is 19.0 Å². The molecule has 0 fully saturated rings. The number of aromatic nitrogens is 1. The highest BCUT2D eigenvalue weighted by molar-refractivity contribution is 5.92. The molecule has 24 heavy (non-hydrogen) atoms. The van der Waals surface area contributed by atoms with Gasteiger partial charge in [0.15, 0.2) is 0 Å². The molecule has 6 heteroatoms. The Kier molecular flexibility index (Phi) is 4.06. The molecule has 1 aromatic heterocycles. The molecule has 0 amide bonds. The molecule has 3 rings (SSSR count). The molecule has 0 bridgehead atoms. The molecule has 1 aliphatic heterocycles. The van der Waals surface area contributed by atoms with E-state index in [0.717, 1.165) is 12.0 Å². The predicted octanol–water partition coefficient (Wildman–Crippen LogP) is 3.53. The zero-order valence-electron chi connectivity index (χ0n) is 13.7. The number of hydrogen-bond acceptors (Lipinski definition) is 3. The highest BCUT2D eigenvalue weighted by Gasteiger charge is 2.42. The normalized spacial score (nSPS) is 19.9. The average Bonchev–Trinajstić information content (AvgIpc) is 2.89. The number of ether oxygens (including phenoxy) is 1. The first-order valence-electron chi connectivity index (χ1n) is 8.03. The quantitative estimate of drug-likeness (QED) is 0.898. The fourth-order valence-electron chi connectivity index (χ4n) is 3.80. The summed E-state index contributed by atoms with van der Waals surface area (Å²) in [5.74, 6) is -1.40. The standard InChI is InChI=1S/C18H19FN2O3/c1-3-5-18(8-14(22)23)17-11(4-6-24-18)15-12(9-20)10(2)7-13(19)16(15)21-17/h7,21H,3-6,8H2,1-2H3,(H,22,23). The number of carboxylic acid groups (broad SMARTS) is 1. The van der Waals surface area contributed by atoms with Gasteiger partial charge >= 0.3 is 5.97 Å². The number of nitrogens with one attached hydrogen (secondary N) is 1. The fraction of sp³-hybridized carbons (Fsp3) is 0.444. The third-order valence-corrected chi connectivity index (χ3v) is 4.72. The molecule has 0 spiro atoms. The summed E-state index contributed by atoms with van der Waals surface area (Å²) in [5.41, 5.74) is 1.69. The third-order valence-electron chi connectivity index (χ3n) is 4.72. The maximum Gasteiger partial charge on any atom is 0.306 e. The van der Waals surface area contributed by atoms with Gasteiger partial charge in [-0.1, -0.05) is 13.3 Å². The Morgan fingerprint density at radius 1 is 1.58 bits per heavy atom. The van der Waals surface area contributed by atoms with Gasteiger partial charge in [-0.05, 0) is 37.0 Å². The maximum atomic E-state index is 14.5. The highest BCUT2D eigenvalue weighted by Crippen LogP contribution is 2.43. The number of hydrogen-bond donors (Lipinski definition) is 2. The minimum atomic E-state index is -1.000. The molecule has 126 valence electrons. The van der Waals surface area contributed by atoms with Crippen LogP contribution in [0.1, 0.15) is 48.6 Å². The van der Waals surface area contributed by atoms with Crippen LogP contribution >= 0.6 is 0 Å². The monoisotopic (exact) mass is 330 g/mol. The van der Waals surface area contributed by atoms with Crippen molar-refractivity contribution >= 4 is 16.9 Å². The first-order valence-corrected chi connectivity index (χ1v) is 8.03. The molecule has 2 heterocycles. The number of aromatic amines is 1. The van der Waals surface area contributed by atoms with Crippen LogP contribution < -0.4 is 0 Å². The number of halogens is 1. The van der Waals surface area contributed by atoms with Crippen LogP contribution in [0.15, 0.2) is 6.07 Å². The number of fused-ring (bicyclic) bond motifs is 3. The van der Waals surface area contributed by atoms with Crippen molar-refractivity contribution in [3.05, 3.63) is 34.3 Å². The molecule has 0 saturated carbocycles. The molecule has 0 radical (unpaired) electrons. The van der Waals surface area contributed by atoms with Crippen LogP contribution in [-0.4, -0.2) is 22.7 Å². The zero-order chi connectivity index (χ0) is 17.5. The van der Waals surface area contributed by atoms with Crippen LogP contribution in [0.2, 0.25) is 0 Å². The molecule has 2 N–H and O–H groups in total. The van der Waals surface area contributed by atoms with E-state index in [0.29, 0.717) is 41.7 Å². The Balaban J connectivity index is 2.34. The highest BCUT2D eigenvalue weighted by atomic mass is 19.1. The van der Waals surface area contributed by atoms with Gasteiger partial charge in [0.05, 0.1) is 29.8 Å². The number of nitrogens with zero attached hydrogens (tertiary/aromatic N) is 1. The number of aliphatic carboxylic acids is 1. The van der Waals surface area contributed by atoms with Crippen molar-refractivity contribution in [2.24, 2.45) is 0 Å². The van der Waals surface area contributed by atoms with Crippen molar-refractivity contribution in [3.63, 3.8) is 0 Å². The van der Waals surface area contributed by atoms with Crippen molar-refractivity contribution in [1.29, 1.82) is 5.26 Å². The average molecular weight is 330 g/mol. The van der Waals surface area contributed by atoms with E-state index in [-0.39, 0.29) is 11.9 Å². The van der Waals surface area contributed by atoms with E-state index in [1.807, 2.05) is 6.92 Å². The van der Waals surface area contributed by atoms with Crippen molar-refractivity contribution in [1.82, 2.24) is 4.98 Å². The lowest BCUT2D eigenvalue weighted by molar-refractivity contribution is -0.149. The largest absolute Gasteiger partial charge is 0.481 e. The second-order valence-electron chi connectivity index (χ2n) is 6.30. The smallest absolute Gasteiger partial charge is 0.306 e. The second kappa shape index (κ2) is 5.91. The summed E-state index contributed by atoms with van der Waals surface area (Å²) in [6, 6.07) is 3.49. The lowest BCUT2D eigenvalue weighted by Crippen LogP contribution is -2.37. The van der Waals surface area contributed by atoms with Gasteiger partial charge in [0.2, 0.25) is 0 Å². The SMILES string of the molecule is CCCC1(CC(=O)O)OCCc2c1[nH]c1c(F)cc(C)c(C#N)c21. The first kappa shape index (κ1) is 16.5. The minimum Gasteiger partial charge on any atom is -0.481 e. The maximum absolute atomic E-state index is 14.5. The Morgan fingerprint density at radius 2 is 2.33 bits per heavy atom. The molecular formula is C18H19FN2O3. The van der Waals surface area contributed by atoms with E-state index in [4.69, 9.17) is 4.74 Å². The molecule has 2 aromatic rings. The topological polar surface area (TPSA) is 86.1 Å². The Bertz CT molecular complexity index is 865. The number of carboxylic acids is 1. The van der Waals surface area contributed by atoms with Gasteiger partial charge < -0.3 is 14.8 Å². The second-order valence-corrected chi connectivity index (χ2v) is 6.30. The van der Waals surface area contributed by atoms with E-state index in [1.54, 1.807) is 6.92 Å². The van der Waals surface area contributed by atoms with Gasteiger partial charge in [0, 0.05) is 5.39 Å². The molecule has 1 aromatic carbocycles. The molecule has 1 unspecified atom stereocenters. The lowest BCUT2D eigenvalue weighted by Gasteiger charge is -2.36. The summed E-state index contributed by atoms with van der Waals surface area (Å²) in [6.07, 6.45) is 1.58. The molecule has 1 atom stereocenters. The summed E-state index contributed by atoms with van der Waals surface area (Å²) in [4.78, 5) is 14.4. The summed E-state index contributed by atoms with van der Waals surface area (Å²) >= 11 is 0.